The normalized spacial score (nSPS) is 12.2. The van der Waals surface area contributed by atoms with Gasteiger partial charge < -0.3 is 9.90 Å². The summed E-state index contributed by atoms with van der Waals surface area (Å²) >= 11 is 13.4. The average molecular weight is 398 g/mol. The number of amidine groups is 1. The Balaban J connectivity index is 0.000000150. The lowest BCUT2D eigenvalue weighted by atomic mass is 10.3. The zero-order chi connectivity index (χ0) is 17.1. The highest BCUT2D eigenvalue weighted by molar-refractivity contribution is 7.18. The van der Waals surface area contributed by atoms with Crippen molar-refractivity contribution in [3.63, 3.8) is 0 Å². The molecule has 0 radical (unpaired) electrons. The van der Waals surface area contributed by atoms with Crippen molar-refractivity contribution in [2.75, 3.05) is 0 Å². The first-order valence-electron chi connectivity index (χ1n) is 6.62. The number of nitrogens with zero attached hydrogens (tertiary/aromatic N) is 2. The van der Waals surface area contributed by atoms with Gasteiger partial charge in [0.1, 0.15) is 10.0 Å². The summed E-state index contributed by atoms with van der Waals surface area (Å²) in [5, 5.41) is 14.5. The maximum Gasteiger partial charge on any atom is 0.257 e. The van der Waals surface area contributed by atoms with E-state index in [1.54, 1.807) is 11.3 Å². The molecule has 1 aromatic carbocycles. The highest BCUT2D eigenvalue weighted by Crippen LogP contribution is 2.31. The number of halogens is 2. The second kappa shape index (κ2) is 7.42. The van der Waals surface area contributed by atoms with Gasteiger partial charge in [-0.05, 0) is 12.1 Å². The maximum atomic E-state index is 10.1. The van der Waals surface area contributed by atoms with Crippen LogP contribution in [-0.2, 0) is 0 Å². The number of carboxylic acids is 1. The molecule has 0 amide bonds. The SMILES string of the molecule is O=C([O-])c1cc(Cl)c(Cl)s1.c1ccc2c(c1)N=C(c1cscn1)[NH2+]2. The number of aliphatic imine (C=N–C) groups is 1. The summed E-state index contributed by atoms with van der Waals surface area (Å²) in [5.74, 6) is -0.286. The monoisotopic (exact) mass is 397 g/mol. The number of quaternary nitrogens is 1. The van der Waals surface area contributed by atoms with Crippen LogP contribution in [0.4, 0.5) is 11.4 Å². The molecule has 4 rings (SSSR count). The number of para-hydroxylation sites is 2. The van der Waals surface area contributed by atoms with Gasteiger partial charge in [-0.25, -0.2) is 4.98 Å². The third kappa shape index (κ3) is 3.82. The maximum absolute atomic E-state index is 10.1. The number of carbonyl (C=O) groups is 1. The Bertz CT molecular complexity index is 888. The minimum atomic E-state index is -1.25. The molecule has 122 valence electrons. The van der Waals surface area contributed by atoms with Crippen LogP contribution < -0.4 is 10.4 Å². The number of thiophene rings is 1. The lowest BCUT2D eigenvalue weighted by Gasteiger charge is -1.91. The van der Waals surface area contributed by atoms with Crippen molar-refractivity contribution in [2.45, 2.75) is 0 Å². The van der Waals surface area contributed by atoms with Gasteiger partial charge in [0.25, 0.3) is 5.84 Å². The van der Waals surface area contributed by atoms with Crippen molar-refractivity contribution in [1.82, 2.24) is 4.98 Å². The Morgan fingerprint density at radius 3 is 2.58 bits per heavy atom. The molecule has 0 bridgehead atoms. The molecular weight excluding hydrogens is 389 g/mol. The van der Waals surface area contributed by atoms with Gasteiger partial charge in [-0.15, -0.1) is 22.7 Å². The van der Waals surface area contributed by atoms with Crippen LogP contribution in [0, 0.1) is 0 Å². The van der Waals surface area contributed by atoms with E-state index in [1.165, 1.54) is 11.8 Å². The fourth-order valence-corrected chi connectivity index (χ4v) is 3.69. The lowest BCUT2D eigenvalue weighted by molar-refractivity contribution is -0.437. The molecule has 24 heavy (non-hydrogen) atoms. The van der Waals surface area contributed by atoms with E-state index in [0.717, 1.165) is 28.6 Å². The molecule has 0 unspecified atom stereocenters. The number of hydrogen-bond donors (Lipinski definition) is 1. The second-order valence-electron chi connectivity index (χ2n) is 4.59. The van der Waals surface area contributed by atoms with Crippen LogP contribution in [0.1, 0.15) is 15.4 Å². The minimum Gasteiger partial charge on any atom is -0.544 e. The van der Waals surface area contributed by atoms with E-state index in [1.807, 2.05) is 29.1 Å². The topological polar surface area (TPSA) is 82.0 Å². The van der Waals surface area contributed by atoms with E-state index in [2.05, 4.69) is 21.4 Å². The first kappa shape index (κ1) is 17.1. The van der Waals surface area contributed by atoms with Gasteiger partial charge in [-0.2, -0.15) is 4.99 Å². The summed E-state index contributed by atoms with van der Waals surface area (Å²) in [4.78, 5) is 18.9. The lowest BCUT2D eigenvalue weighted by Crippen LogP contribution is -2.80. The van der Waals surface area contributed by atoms with Gasteiger partial charge in [0, 0.05) is 11.4 Å². The van der Waals surface area contributed by atoms with E-state index in [0.29, 0.717) is 0 Å². The number of carboxylic acid groups (broad SMARTS) is 1. The number of benzene rings is 1. The Kier molecular flexibility index (Phi) is 5.27. The molecule has 0 spiro atoms. The minimum absolute atomic E-state index is 0.0509. The van der Waals surface area contributed by atoms with Crippen molar-refractivity contribution in [3.8, 4) is 0 Å². The predicted molar refractivity (Wildman–Crippen MR) is 95.0 cm³/mol. The van der Waals surface area contributed by atoms with Gasteiger partial charge in [-0.3, -0.25) is 5.32 Å². The fraction of sp³-hybridized carbons (Fsp3) is 0. The third-order valence-electron chi connectivity index (χ3n) is 3.01. The molecule has 3 aromatic rings. The first-order valence-corrected chi connectivity index (χ1v) is 9.13. The van der Waals surface area contributed by atoms with Crippen LogP contribution >= 0.6 is 45.9 Å². The van der Waals surface area contributed by atoms with E-state index in [-0.39, 0.29) is 14.2 Å². The van der Waals surface area contributed by atoms with Gasteiger partial charge in [0.15, 0.2) is 11.4 Å². The molecule has 0 fully saturated rings. The Hall–Kier alpha value is -1.77. The second-order valence-corrected chi connectivity index (χ2v) is 7.37. The van der Waals surface area contributed by atoms with Gasteiger partial charge >= 0.3 is 0 Å². The molecular formula is C15H9Cl2N3O2S2. The first-order chi connectivity index (χ1) is 11.5. The van der Waals surface area contributed by atoms with Crippen molar-refractivity contribution in [1.29, 1.82) is 0 Å². The zero-order valence-corrected chi connectivity index (χ0v) is 15.0. The number of fused-ring (bicyclic) bond motifs is 1. The van der Waals surface area contributed by atoms with Crippen molar-refractivity contribution in [3.05, 3.63) is 61.2 Å². The number of aromatic nitrogens is 1. The summed E-state index contributed by atoms with van der Waals surface area (Å²) in [6, 6.07) is 9.38. The number of carbonyl (C=O) groups excluding carboxylic acids is 1. The molecule has 2 aromatic heterocycles. The summed E-state index contributed by atoms with van der Waals surface area (Å²) in [6.07, 6.45) is 0. The smallest absolute Gasteiger partial charge is 0.257 e. The van der Waals surface area contributed by atoms with Crippen LogP contribution in [0.3, 0.4) is 0 Å². The molecule has 0 saturated carbocycles. The highest BCUT2D eigenvalue weighted by atomic mass is 35.5. The molecule has 0 saturated heterocycles. The fourth-order valence-electron chi connectivity index (χ4n) is 1.94. The van der Waals surface area contributed by atoms with Crippen LogP contribution in [-0.4, -0.2) is 16.8 Å². The average Bonchev–Trinajstić information content (AvgIpc) is 3.28. The predicted octanol–water partition coefficient (Wildman–Crippen LogP) is 2.85. The number of rotatable bonds is 2. The summed E-state index contributed by atoms with van der Waals surface area (Å²) in [7, 11) is 0. The number of hydrogen-bond acceptors (Lipinski definition) is 6. The Morgan fingerprint density at radius 1 is 1.25 bits per heavy atom. The summed E-state index contributed by atoms with van der Waals surface area (Å²) < 4.78 is 0.279. The molecule has 0 atom stereocenters. The Labute approximate surface area is 155 Å². The van der Waals surface area contributed by atoms with Gasteiger partial charge in [-0.1, -0.05) is 35.3 Å². The van der Waals surface area contributed by atoms with E-state index < -0.39 is 5.97 Å². The van der Waals surface area contributed by atoms with Crippen LogP contribution in [0.5, 0.6) is 0 Å². The number of thiazole rings is 1. The van der Waals surface area contributed by atoms with Crippen LogP contribution in [0.15, 0.2) is 46.2 Å². The van der Waals surface area contributed by atoms with E-state index in [4.69, 9.17) is 23.2 Å². The Morgan fingerprint density at radius 2 is 2.04 bits per heavy atom. The number of aromatic carboxylic acids is 1. The van der Waals surface area contributed by atoms with Crippen molar-refractivity contribution < 1.29 is 15.2 Å². The van der Waals surface area contributed by atoms with Crippen LogP contribution in [0.2, 0.25) is 9.36 Å². The molecule has 5 nitrogen and oxygen atoms in total. The summed E-state index contributed by atoms with van der Waals surface area (Å²) in [5.41, 5.74) is 5.01. The molecule has 9 heteroatoms. The molecule has 3 heterocycles. The van der Waals surface area contributed by atoms with Crippen molar-refractivity contribution in [2.24, 2.45) is 4.99 Å². The molecule has 1 aliphatic rings. The summed E-state index contributed by atoms with van der Waals surface area (Å²) in [6.45, 7) is 0. The van der Waals surface area contributed by atoms with Crippen LogP contribution in [0.25, 0.3) is 0 Å². The highest BCUT2D eigenvalue weighted by Gasteiger charge is 2.21. The zero-order valence-electron chi connectivity index (χ0n) is 11.9. The largest absolute Gasteiger partial charge is 0.544 e. The number of nitrogens with two attached hydrogens (primary N) is 1. The molecule has 2 N–H and O–H groups in total. The molecule has 0 aliphatic carbocycles. The van der Waals surface area contributed by atoms with E-state index >= 15 is 0 Å². The quantitative estimate of drug-likeness (QED) is 0.674. The third-order valence-corrected chi connectivity index (χ3v) is 5.44. The van der Waals surface area contributed by atoms with Crippen molar-refractivity contribution >= 4 is 69.1 Å². The standard InChI is InChI=1S/C10H7N3S.C5H2Cl2O2S/c1-2-4-8-7(3-1)12-10(13-8)9-5-14-6-11-9;6-2-1-3(5(8)9)10-4(2)7/h1-6H,(H,12,13);1H,(H,8,9). The van der Waals surface area contributed by atoms with Gasteiger partial charge in [0.2, 0.25) is 0 Å². The molecule has 1 aliphatic heterocycles. The van der Waals surface area contributed by atoms with E-state index in [9.17, 15) is 9.90 Å². The van der Waals surface area contributed by atoms with Gasteiger partial charge in [0.05, 0.1) is 21.4 Å².